The largest absolute Gasteiger partial charge is 0.489 e. The highest BCUT2D eigenvalue weighted by molar-refractivity contribution is 7.89. The number of nitrogens with zero attached hydrogens (tertiary/aromatic N) is 1. The summed E-state index contributed by atoms with van der Waals surface area (Å²) in [5, 5.41) is 13.0. The van der Waals surface area contributed by atoms with Crippen molar-refractivity contribution in [2.45, 2.75) is 42.8 Å². The second kappa shape index (κ2) is 11.1. The van der Waals surface area contributed by atoms with Gasteiger partial charge in [0.05, 0.1) is 16.6 Å². The van der Waals surface area contributed by atoms with Crippen LogP contribution in [0.15, 0.2) is 77.7 Å². The Balaban J connectivity index is 1.38. The van der Waals surface area contributed by atoms with Crippen molar-refractivity contribution in [2.75, 3.05) is 6.54 Å². The lowest BCUT2D eigenvalue weighted by Crippen LogP contribution is -2.49. The van der Waals surface area contributed by atoms with E-state index < -0.39 is 45.6 Å². The Morgan fingerprint density at radius 2 is 1.71 bits per heavy atom. The zero-order valence-corrected chi connectivity index (χ0v) is 20.7. The predicted octanol–water partition coefficient (Wildman–Crippen LogP) is 3.86. The molecule has 0 aromatic heterocycles. The molecule has 0 unspecified atom stereocenters. The molecule has 2 N–H and O–H groups in total. The molecule has 0 radical (unpaired) electrons. The summed E-state index contributed by atoms with van der Waals surface area (Å²) in [6.07, 6.45) is -5.58. The molecule has 7 nitrogen and oxygen atoms in total. The summed E-state index contributed by atoms with van der Waals surface area (Å²) in [5.74, 6) is -0.889. The fourth-order valence-electron chi connectivity index (χ4n) is 4.06. The number of carbonyl (C=O) groups excluding carboxylic acids is 1. The molecule has 1 fully saturated rings. The fourth-order valence-corrected chi connectivity index (χ4v) is 5.69. The van der Waals surface area contributed by atoms with Crippen LogP contribution in [0.1, 0.15) is 23.1 Å². The number of sulfonamides is 1. The molecule has 202 valence electrons. The Bertz CT molecular complexity index is 1380. The van der Waals surface area contributed by atoms with Crippen molar-refractivity contribution in [1.29, 1.82) is 0 Å². The van der Waals surface area contributed by atoms with E-state index in [4.69, 9.17) is 4.74 Å². The van der Waals surface area contributed by atoms with Crippen LogP contribution in [0.3, 0.4) is 0 Å². The van der Waals surface area contributed by atoms with Gasteiger partial charge in [-0.15, -0.1) is 0 Å². The van der Waals surface area contributed by atoms with Crippen molar-refractivity contribution in [3.05, 3.63) is 95.3 Å². The van der Waals surface area contributed by atoms with Gasteiger partial charge in [0.1, 0.15) is 24.2 Å². The van der Waals surface area contributed by atoms with Crippen LogP contribution >= 0.6 is 0 Å². The third-order valence-corrected chi connectivity index (χ3v) is 7.96. The average molecular weight is 553 g/mol. The lowest BCUT2D eigenvalue weighted by molar-refractivity contribution is -0.137. The minimum atomic E-state index is -4.42. The van der Waals surface area contributed by atoms with E-state index in [9.17, 15) is 35.9 Å². The molecule has 3 aromatic carbocycles. The first-order chi connectivity index (χ1) is 17.9. The minimum Gasteiger partial charge on any atom is -0.489 e. The quantitative estimate of drug-likeness (QED) is 0.414. The molecule has 3 aromatic rings. The SMILES string of the molecule is O=C(NCc1cccc(OCc2ccc(C(F)(F)F)cc2)c1)[C@@H]1[C@@H](O)CCN1S(=O)(=O)c1ccc(F)cc1. The second-order valence-electron chi connectivity index (χ2n) is 8.72. The van der Waals surface area contributed by atoms with Crippen molar-refractivity contribution in [3.63, 3.8) is 0 Å². The van der Waals surface area contributed by atoms with Gasteiger partial charge in [0.2, 0.25) is 15.9 Å². The van der Waals surface area contributed by atoms with Crippen molar-refractivity contribution >= 4 is 15.9 Å². The van der Waals surface area contributed by atoms with Gasteiger partial charge in [0, 0.05) is 13.1 Å². The van der Waals surface area contributed by atoms with Crippen LogP contribution in [0.2, 0.25) is 0 Å². The van der Waals surface area contributed by atoms with Crippen LogP contribution in [0.5, 0.6) is 5.75 Å². The summed E-state index contributed by atoms with van der Waals surface area (Å²) >= 11 is 0. The van der Waals surface area contributed by atoms with E-state index in [0.29, 0.717) is 16.9 Å². The first-order valence-corrected chi connectivity index (χ1v) is 13.0. The Labute approximate surface area is 216 Å². The number of carbonyl (C=O) groups is 1. The van der Waals surface area contributed by atoms with E-state index in [1.165, 1.54) is 12.1 Å². The molecule has 1 saturated heterocycles. The monoisotopic (exact) mass is 552 g/mol. The second-order valence-corrected chi connectivity index (χ2v) is 10.6. The number of ether oxygens (including phenoxy) is 1. The summed E-state index contributed by atoms with van der Waals surface area (Å²) in [6, 6.07) is 14.1. The maximum absolute atomic E-state index is 13.2. The van der Waals surface area contributed by atoms with Crippen LogP contribution in [0.25, 0.3) is 0 Å². The summed E-state index contributed by atoms with van der Waals surface area (Å²) in [5.41, 5.74) is 0.397. The van der Waals surface area contributed by atoms with Crippen LogP contribution in [-0.2, 0) is 34.1 Å². The van der Waals surface area contributed by atoms with Crippen LogP contribution in [0, 0.1) is 5.82 Å². The predicted molar refractivity (Wildman–Crippen MR) is 129 cm³/mol. The first-order valence-electron chi connectivity index (χ1n) is 11.6. The molecule has 4 rings (SSSR count). The summed E-state index contributed by atoms with van der Waals surface area (Å²) in [4.78, 5) is 12.7. The zero-order chi connectivity index (χ0) is 27.5. The van der Waals surface area contributed by atoms with Gasteiger partial charge in [-0.2, -0.15) is 17.5 Å². The lowest BCUT2D eigenvalue weighted by Gasteiger charge is -2.25. The van der Waals surface area contributed by atoms with Gasteiger partial charge in [-0.25, -0.2) is 12.8 Å². The molecule has 0 aliphatic carbocycles. The van der Waals surface area contributed by atoms with Gasteiger partial charge < -0.3 is 15.2 Å². The molecule has 2 atom stereocenters. The summed E-state index contributed by atoms with van der Waals surface area (Å²) in [7, 11) is -4.15. The summed E-state index contributed by atoms with van der Waals surface area (Å²) < 4.78 is 84.0. The third-order valence-electron chi connectivity index (χ3n) is 6.06. The maximum atomic E-state index is 13.2. The molecule has 0 spiro atoms. The topological polar surface area (TPSA) is 95.9 Å². The number of rotatable bonds is 8. The van der Waals surface area contributed by atoms with Crippen LogP contribution in [-0.4, -0.2) is 42.4 Å². The number of aliphatic hydroxyl groups is 1. The highest BCUT2D eigenvalue weighted by atomic mass is 32.2. The Kier molecular flexibility index (Phi) is 8.05. The molecule has 1 aliphatic heterocycles. The Hall–Kier alpha value is -3.48. The number of hydrogen-bond acceptors (Lipinski definition) is 5. The minimum absolute atomic E-state index is 0.00394. The van der Waals surface area contributed by atoms with Gasteiger partial charge in [0.15, 0.2) is 0 Å². The standard InChI is InChI=1S/C26H24F4N2O5S/c27-20-8-10-22(11-9-20)38(35,36)32-13-12-23(33)24(32)25(34)31-15-18-2-1-3-21(14-18)37-16-17-4-6-19(7-5-17)26(28,29)30/h1-11,14,23-24,33H,12-13,15-16H2,(H,31,34)/t23-,24-/m0/s1. The molecule has 1 amide bonds. The normalized spacial score (nSPS) is 18.3. The number of amides is 1. The number of halogens is 4. The van der Waals surface area contributed by atoms with E-state index in [1.54, 1.807) is 24.3 Å². The van der Waals surface area contributed by atoms with Crippen molar-refractivity contribution in [2.24, 2.45) is 0 Å². The number of alkyl halides is 3. The average Bonchev–Trinajstić information content (AvgIpc) is 3.28. The van der Waals surface area contributed by atoms with Gasteiger partial charge in [-0.1, -0.05) is 24.3 Å². The molecule has 1 heterocycles. The fraction of sp³-hybridized carbons (Fsp3) is 0.269. The Morgan fingerprint density at radius 3 is 2.37 bits per heavy atom. The maximum Gasteiger partial charge on any atom is 0.416 e. The smallest absolute Gasteiger partial charge is 0.416 e. The molecular formula is C26H24F4N2O5S. The molecule has 0 bridgehead atoms. The van der Waals surface area contributed by atoms with E-state index in [-0.39, 0.29) is 31.0 Å². The van der Waals surface area contributed by atoms with Gasteiger partial charge in [-0.05, 0) is 66.1 Å². The lowest BCUT2D eigenvalue weighted by atomic mass is 10.1. The number of hydrogen-bond donors (Lipinski definition) is 2. The van der Waals surface area contributed by atoms with Gasteiger partial charge >= 0.3 is 6.18 Å². The van der Waals surface area contributed by atoms with Crippen LogP contribution < -0.4 is 10.1 Å². The van der Waals surface area contributed by atoms with Crippen molar-refractivity contribution < 1.29 is 40.6 Å². The van der Waals surface area contributed by atoms with Crippen molar-refractivity contribution in [1.82, 2.24) is 9.62 Å². The molecular weight excluding hydrogens is 528 g/mol. The van der Waals surface area contributed by atoms with Gasteiger partial charge in [-0.3, -0.25) is 4.79 Å². The van der Waals surface area contributed by atoms with E-state index in [2.05, 4.69) is 5.32 Å². The highest BCUT2D eigenvalue weighted by Gasteiger charge is 2.45. The Morgan fingerprint density at radius 1 is 1.03 bits per heavy atom. The zero-order valence-electron chi connectivity index (χ0n) is 19.9. The van der Waals surface area contributed by atoms with E-state index in [0.717, 1.165) is 40.7 Å². The molecule has 38 heavy (non-hydrogen) atoms. The first kappa shape index (κ1) is 27.6. The van der Waals surface area contributed by atoms with E-state index in [1.807, 2.05) is 0 Å². The van der Waals surface area contributed by atoms with Crippen molar-refractivity contribution in [3.8, 4) is 5.75 Å². The molecule has 1 aliphatic rings. The number of nitrogens with one attached hydrogen (secondary N) is 1. The third kappa shape index (κ3) is 6.32. The number of benzene rings is 3. The van der Waals surface area contributed by atoms with Crippen LogP contribution in [0.4, 0.5) is 17.6 Å². The van der Waals surface area contributed by atoms with Gasteiger partial charge in [0.25, 0.3) is 0 Å². The van der Waals surface area contributed by atoms with E-state index >= 15 is 0 Å². The highest BCUT2D eigenvalue weighted by Crippen LogP contribution is 2.29. The molecule has 12 heteroatoms. The molecule has 0 saturated carbocycles. The summed E-state index contributed by atoms with van der Waals surface area (Å²) in [6.45, 7) is -0.0470. The number of aliphatic hydroxyl groups excluding tert-OH is 1.